The minimum absolute atomic E-state index is 0.107. The number of unbranched alkanes of at least 4 members (excludes halogenated alkanes) is 6. The Labute approximate surface area is 231 Å². The molecule has 0 aromatic rings. The Kier molecular flexibility index (Phi) is 19.3. The molecule has 0 aliphatic rings. The van der Waals surface area contributed by atoms with Crippen molar-refractivity contribution in [2.45, 2.75) is 128 Å². The molecule has 5 amide bonds. The van der Waals surface area contributed by atoms with Gasteiger partial charge in [0.2, 0.25) is 29.5 Å². The molecule has 12 heteroatoms. The first-order valence-electron chi connectivity index (χ1n) is 14.0. The number of aliphatic hydroxyl groups is 1. The number of nitrogens with two attached hydrogens (primary N) is 2. The zero-order valence-corrected chi connectivity index (χ0v) is 23.7. The fraction of sp³-hybridized carbons (Fsp3) is 0.778. The van der Waals surface area contributed by atoms with E-state index in [1.165, 1.54) is 19.3 Å². The van der Waals surface area contributed by atoms with Crippen molar-refractivity contribution >= 4 is 35.8 Å². The number of carbonyl (C=O) groups is 6. The molecule has 0 aromatic heterocycles. The van der Waals surface area contributed by atoms with E-state index in [9.17, 15) is 33.9 Å². The highest BCUT2D eigenvalue weighted by atomic mass is 16.3. The summed E-state index contributed by atoms with van der Waals surface area (Å²) in [6, 6.07) is -3.46. The van der Waals surface area contributed by atoms with Crippen LogP contribution in [0.5, 0.6) is 0 Å². The molecular formula is C27H49N5O7. The van der Waals surface area contributed by atoms with Crippen LogP contribution in [-0.2, 0) is 28.8 Å². The van der Waals surface area contributed by atoms with Crippen LogP contribution >= 0.6 is 0 Å². The third-order valence-corrected chi connectivity index (χ3v) is 6.15. The lowest BCUT2D eigenvalue weighted by Gasteiger charge is -2.24. The monoisotopic (exact) mass is 555 g/mol. The lowest BCUT2D eigenvalue weighted by atomic mass is 10.0. The average molecular weight is 556 g/mol. The van der Waals surface area contributed by atoms with Gasteiger partial charge in [-0.15, -0.1) is 0 Å². The van der Waals surface area contributed by atoms with Crippen molar-refractivity contribution in [1.29, 1.82) is 0 Å². The summed E-state index contributed by atoms with van der Waals surface area (Å²) in [4.78, 5) is 72.5. The topological polar surface area (TPSA) is 211 Å². The quantitative estimate of drug-likeness (QED) is 0.0784. The highest BCUT2D eigenvalue weighted by molar-refractivity contribution is 5.95. The minimum Gasteiger partial charge on any atom is -0.393 e. The van der Waals surface area contributed by atoms with E-state index in [4.69, 9.17) is 11.5 Å². The SMILES string of the molecule is CCCCCCCCC[C@@H](O)CC(=O)NC(CC(N)=O)C(=O)NC(CCC(N)=O)C(=O)NC(C=O)CC(C)C. The van der Waals surface area contributed by atoms with Crippen LogP contribution in [0.15, 0.2) is 0 Å². The highest BCUT2D eigenvalue weighted by Gasteiger charge is 2.29. The Balaban J connectivity index is 5.12. The predicted octanol–water partition coefficient (Wildman–Crippen LogP) is 0.718. The number of rotatable bonds is 23. The molecule has 0 radical (unpaired) electrons. The molecule has 0 spiro atoms. The molecule has 39 heavy (non-hydrogen) atoms. The first-order chi connectivity index (χ1) is 18.4. The summed E-state index contributed by atoms with van der Waals surface area (Å²) in [6.07, 6.45) is 6.76. The normalized spacial score (nSPS) is 14.1. The first kappa shape index (κ1) is 36.0. The van der Waals surface area contributed by atoms with Crippen LogP contribution in [-0.4, -0.2) is 65.2 Å². The smallest absolute Gasteiger partial charge is 0.243 e. The number of hydrogen-bond donors (Lipinski definition) is 6. The molecule has 0 saturated heterocycles. The van der Waals surface area contributed by atoms with Gasteiger partial charge in [-0.25, -0.2) is 0 Å². The van der Waals surface area contributed by atoms with Gasteiger partial charge in [-0.2, -0.15) is 0 Å². The molecule has 0 rings (SSSR count). The average Bonchev–Trinajstić information content (AvgIpc) is 2.84. The first-order valence-corrected chi connectivity index (χ1v) is 14.0. The van der Waals surface area contributed by atoms with Gasteiger partial charge in [0.1, 0.15) is 18.4 Å². The second-order valence-corrected chi connectivity index (χ2v) is 10.5. The molecule has 0 saturated carbocycles. The van der Waals surface area contributed by atoms with Crippen molar-refractivity contribution in [3.8, 4) is 0 Å². The third-order valence-electron chi connectivity index (χ3n) is 6.15. The number of amides is 5. The number of nitrogens with one attached hydrogen (secondary N) is 3. The molecule has 224 valence electrons. The number of carbonyl (C=O) groups excluding carboxylic acids is 6. The molecule has 0 aliphatic carbocycles. The van der Waals surface area contributed by atoms with Crippen molar-refractivity contribution in [3.63, 3.8) is 0 Å². The molecule has 4 atom stereocenters. The number of aliphatic hydroxyl groups excluding tert-OH is 1. The van der Waals surface area contributed by atoms with E-state index in [2.05, 4.69) is 22.9 Å². The number of aldehydes is 1. The molecule has 0 fully saturated rings. The van der Waals surface area contributed by atoms with Crippen LogP contribution in [0.2, 0.25) is 0 Å². The van der Waals surface area contributed by atoms with E-state index in [1.54, 1.807) is 0 Å². The maximum Gasteiger partial charge on any atom is 0.243 e. The van der Waals surface area contributed by atoms with Crippen molar-refractivity contribution in [3.05, 3.63) is 0 Å². The van der Waals surface area contributed by atoms with E-state index >= 15 is 0 Å². The molecule has 3 unspecified atom stereocenters. The summed E-state index contributed by atoms with van der Waals surface area (Å²) in [7, 11) is 0. The van der Waals surface area contributed by atoms with Crippen LogP contribution in [0.1, 0.15) is 104 Å². The molecule has 8 N–H and O–H groups in total. The van der Waals surface area contributed by atoms with E-state index in [0.29, 0.717) is 19.1 Å². The number of hydrogen-bond acceptors (Lipinski definition) is 7. The second-order valence-electron chi connectivity index (χ2n) is 10.5. The summed E-state index contributed by atoms with van der Waals surface area (Å²) in [5.41, 5.74) is 10.4. The van der Waals surface area contributed by atoms with E-state index in [-0.39, 0.29) is 25.2 Å². The zero-order chi connectivity index (χ0) is 29.8. The van der Waals surface area contributed by atoms with Crippen molar-refractivity contribution in [2.24, 2.45) is 17.4 Å². The van der Waals surface area contributed by atoms with Crippen molar-refractivity contribution in [2.75, 3.05) is 0 Å². The van der Waals surface area contributed by atoms with Crippen LogP contribution in [0.3, 0.4) is 0 Å². The summed E-state index contributed by atoms with van der Waals surface area (Å²) in [6.45, 7) is 5.90. The van der Waals surface area contributed by atoms with Crippen LogP contribution in [0.4, 0.5) is 0 Å². The molecule has 0 bridgehead atoms. The molecule has 12 nitrogen and oxygen atoms in total. The van der Waals surface area contributed by atoms with Gasteiger partial charge in [-0.05, 0) is 25.2 Å². The summed E-state index contributed by atoms with van der Waals surface area (Å²) >= 11 is 0. The van der Waals surface area contributed by atoms with Crippen molar-refractivity contribution in [1.82, 2.24) is 16.0 Å². The Morgan fingerprint density at radius 3 is 1.90 bits per heavy atom. The van der Waals surface area contributed by atoms with E-state index < -0.39 is 60.2 Å². The Hall–Kier alpha value is -3.02. The molecular weight excluding hydrogens is 506 g/mol. The molecule has 0 heterocycles. The zero-order valence-electron chi connectivity index (χ0n) is 23.7. The Morgan fingerprint density at radius 2 is 1.36 bits per heavy atom. The van der Waals surface area contributed by atoms with Gasteiger partial charge in [-0.1, -0.05) is 65.7 Å². The summed E-state index contributed by atoms with van der Waals surface area (Å²) in [5.74, 6) is -3.70. The molecule has 0 aliphatic heterocycles. The van der Waals surface area contributed by atoms with Gasteiger partial charge in [0.25, 0.3) is 0 Å². The van der Waals surface area contributed by atoms with Gasteiger partial charge >= 0.3 is 0 Å². The van der Waals surface area contributed by atoms with Gasteiger partial charge in [0, 0.05) is 6.42 Å². The fourth-order valence-electron chi connectivity index (χ4n) is 4.08. The van der Waals surface area contributed by atoms with E-state index in [1.807, 2.05) is 13.8 Å². The van der Waals surface area contributed by atoms with Crippen LogP contribution in [0.25, 0.3) is 0 Å². The third kappa shape index (κ3) is 18.8. The highest BCUT2D eigenvalue weighted by Crippen LogP contribution is 2.11. The molecule has 0 aromatic carbocycles. The maximum atomic E-state index is 12.9. The van der Waals surface area contributed by atoms with Crippen molar-refractivity contribution < 1.29 is 33.9 Å². The van der Waals surface area contributed by atoms with Gasteiger partial charge in [0.05, 0.1) is 25.0 Å². The number of primary amides is 2. The summed E-state index contributed by atoms with van der Waals surface area (Å²) in [5, 5.41) is 17.6. The van der Waals surface area contributed by atoms with Gasteiger partial charge < -0.3 is 37.3 Å². The van der Waals surface area contributed by atoms with Gasteiger partial charge in [0.15, 0.2) is 0 Å². The standard InChI is InChI=1S/C27H49N5O7/c1-4-5-6-7-8-9-10-11-20(34)15-25(37)31-22(16-24(29)36)27(39)32-21(12-13-23(28)35)26(38)30-19(17-33)14-18(2)3/h17-22,34H,4-16H2,1-3H3,(H2,28,35)(H2,29,36)(H,30,38)(H,31,37)(H,32,39)/t19?,20-,21?,22?/m1/s1. The van der Waals surface area contributed by atoms with Crippen LogP contribution < -0.4 is 27.4 Å². The lowest BCUT2D eigenvalue weighted by molar-refractivity contribution is -0.134. The van der Waals surface area contributed by atoms with Crippen LogP contribution in [0, 0.1) is 5.92 Å². The summed E-state index contributed by atoms with van der Waals surface area (Å²) < 4.78 is 0. The largest absolute Gasteiger partial charge is 0.393 e. The maximum absolute atomic E-state index is 12.9. The Morgan fingerprint density at radius 1 is 0.769 bits per heavy atom. The van der Waals surface area contributed by atoms with E-state index in [0.717, 1.165) is 25.7 Å². The predicted molar refractivity (Wildman–Crippen MR) is 147 cm³/mol. The second kappa shape index (κ2) is 20.9. The van der Waals surface area contributed by atoms with Gasteiger partial charge in [-0.3, -0.25) is 24.0 Å². The minimum atomic E-state index is -1.40. The lowest BCUT2D eigenvalue weighted by Crippen LogP contribution is -2.56. The Bertz CT molecular complexity index is 790. The fourth-order valence-corrected chi connectivity index (χ4v) is 4.08.